The lowest BCUT2D eigenvalue weighted by Gasteiger charge is -2.40. The highest BCUT2D eigenvalue weighted by atomic mass is 32.2. The zero-order valence-electron chi connectivity index (χ0n) is 47.5. The first-order chi connectivity index (χ1) is 38.3. The molecule has 81 heavy (non-hydrogen) atoms. The lowest BCUT2D eigenvalue weighted by Crippen LogP contribution is -2.61. The van der Waals surface area contributed by atoms with Gasteiger partial charge in [-0.2, -0.15) is 0 Å². The largest absolute Gasteiger partial charge is 0.461 e. The minimum Gasteiger partial charge on any atom is -0.461 e. The second-order valence-electron chi connectivity index (χ2n) is 20.9. The van der Waals surface area contributed by atoms with Gasteiger partial charge >= 0.3 is 11.9 Å². The monoisotopic (exact) mass is 1150 g/mol. The minimum absolute atomic E-state index is 0.182. The Bertz CT molecular complexity index is 3040. The van der Waals surface area contributed by atoms with Gasteiger partial charge in [0.05, 0.1) is 33.5 Å². The van der Waals surface area contributed by atoms with Gasteiger partial charge < -0.3 is 50.3 Å². The van der Waals surface area contributed by atoms with Gasteiger partial charge in [0.1, 0.15) is 78.5 Å². The third kappa shape index (κ3) is 14.5. The molecule has 2 aliphatic heterocycles. The molecule has 6 rings (SSSR count). The van der Waals surface area contributed by atoms with Gasteiger partial charge in [-0.1, -0.05) is 59.7 Å². The molecule has 8 amide bonds. The summed E-state index contributed by atoms with van der Waals surface area (Å²) in [6.45, 7) is 11.8. The van der Waals surface area contributed by atoms with E-state index in [9.17, 15) is 38.4 Å². The average molecular weight is 1160 g/mol. The Labute approximate surface area is 478 Å². The van der Waals surface area contributed by atoms with Crippen LogP contribution >= 0.6 is 23.5 Å². The van der Waals surface area contributed by atoms with Crippen LogP contribution in [0.1, 0.15) is 76.4 Å². The zero-order valence-corrected chi connectivity index (χ0v) is 49.2. The van der Waals surface area contributed by atoms with Gasteiger partial charge in [-0.25, -0.2) is 24.5 Å². The maximum absolute atomic E-state index is 15.5. The molecule has 0 spiro atoms. The molecular weight excluding hydrogens is 1080 g/mol. The first kappa shape index (κ1) is 62.5. The highest BCUT2D eigenvalue weighted by molar-refractivity contribution is 8.16. The summed E-state index contributed by atoms with van der Waals surface area (Å²) in [6.07, 6.45) is 4.04. The van der Waals surface area contributed by atoms with Crippen molar-refractivity contribution in [2.75, 3.05) is 53.4 Å². The van der Waals surface area contributed by atoms with E-state index in [0.29, 0.717) is 22.1 Å². The molecule has 11 unspecified atom stereocenters. The fraction of sp³-hybridized carbons (Fsp3) is 0.527. The number of nitrogens with zero attached hydrogens (tertiary/aromatic N) is 8. The topological polar surface area (TPSA) is 302 Å². The van der Waals surface area contributed by atoms with Crippen molar-refractivity contribution in [1.82, 2.24) is 60.8 Å². The summed E-state index contributed by atoms with van der Waals surface area (Å²) in [5, 5.41) is 10.3. The van der Waals surface area contributed by atoms with Crippen LogP contribution in [0, 0.1) is 35.8 Å². The number of likely N-dealkylation sites (N-methyl/N-ethyl adjacent to an activating group) is 4. The molecule has 0 aliphatic carbocycles. The van der Waals surface area contributed by atoms with E-state index in [2.05, 4.69) is 53.3 Å². The number of carbonyl (C=O) groups excluding carboxylic acids is 10. The Kier molecular flexibility index (Phi) is 21.0. The predicted molar refractivity (Wildman–Crippen MR) is 300 cm³/mol. The summed E-state index contributed by atoms with van der Waals surface area (Å²) in [6, 6.07) is 3.52. The van der Waals surface area contributed by atoms with Crippen molar-refractivity contribution in [2.45, 2.75) is 108 Å². The number of thioether (sulfide) groups is 2. The van der Waals surface area contributed by atoms with Crippen LogP contribution in [0.2, 0.25) is 0 Å². The van der Waals surface area contributed by atoms with Crippen molar-refractivity contribution in [2.24, 2.45) is 23.7 Å². The van der Waals surface area contributed by atoms with E-state index in [1.165, 1.54) is 54.3 Å². The third-order valence-corrected chi connectivity index (χ3v) is 17.7. The Hall–Kier alpha value is -7.66. The average Bonchev–Trinajstić information content (AvgIpc) is 3.69. The Morgan fingerprint density at radius 3 is 1.65 bits per heavy atom. The second kappa shape index (κ2) is 27.2. The van der Waals surface area contributed by atoms with E-state index in [4.69, 9.17) is 9.47 Å². The molecule has 2 saturated heterocycles. The van der Waals surface area contributed by atoms with Crippen LogP contribution in [-0.2, 0) is 47.8 Å². The number of amides is 8. The first-order valence-corrected chi connectivity index (χ1v) is 28.6. The molecule has 2 fully saturated rings. The number of benzene rings is 1. The van der Waals surface area contributed by atoms with E-state index in [1.807, 2.05) is 27.7 Å². The van der Waals surface area contributed by atoms with Crippen molar-refractivity contribution >= 4 is 105 Å². The summed E-state index contributed by atoms with van der Waals surface area (Å²) >= 11 is 2.18. The van der Waals surface area contributed by atoms with Gasteiger partial charge in [0.2, 0.25) is 35.4 Å². The number of fused-ring (bicyclic) bond motifs is 6. The molecule has 4 aromatic rings. The molecule has 2 aromatic heterocycles. The molecule has 4 N–H and O–H groups in total. The normalized spacial score (nSPS) is 25.4. The SMILES string of the molecule is CSC1SCC2C(=O)N(C)C(C(C)C(C)C)C(=O)OCC(NC(=O)c3cnc4ccccc4n3)C(=O)NC(C)C(=O)N(C)C1C(=O)N(C)C(C(C)C(C)C)C(=O)OCC(NC(=O)c1cnc3c#cccc3n1)C(=O)NC(C)C(=O)N2C. The number of aromatic nitrogens is 4. The molecule has 24 nitrogen and oxygen atoms in total. The summed E-state index contributed by atoms with van der Waals surface area (Å²) in [7, 11) is 5.40. The molecule has 4 heterocycles. The molecule has 434 valence electrons. The smallest absolute Gasteiger partial charge is 0.329 e. The molecule has 0 saturated carbocycles. The van der Waals surface area contributed by atoms with Crippen molar-refractivity contribution < 1.29 is 57.4 Å². The number of cyclic esters (lactones) is 2. The molecule has 26 heteroatoms. The van der Waals surface area contributed by atoms with Crippen LogP contribution in [0.25, 0.3) is 22.1 Å². The fourth-order valence-electron chi connectivity index (χ4n) is 9.19. The molecule has 0 radical (unpaired) electrons. The van der Waals surface area contributed by atoms with Crippen molar-refractivity contribution in [3.8, 4) is 0 Å². The van der Waals surface area contributed by atoms with Crippen molar-refractivity contribution in [3.05, 3.63) is 72.3 Å². The van der Waals surface area contributed by atoms with Crippen LogP contribution in [0.15, 0.2) is 48.8 Å². The van der Waals surface area contributed by atoms with Gasteiger partial charge in [0.25, 0.3) is 11.8 Å². The summed E-state index contributed by atoms with van der Waals surface area (Å²) in [5.74, 6) is -10.9. The standard InChI is InChI=1S/C55H70N12O12S2/c1-27(2)29(5)42-53(76)78-24-40(63-46(69)38-23-57-34-19-15-17-21-36(34)61-38)48(71)59-32(8)50(73)67(12)44-52(75)66(11)43(30(6)28(3)4)54(77)79-25-39(62-45(68)37-22-56-33-18-14-16-20-35(33)60-37)47(70)58-31(7)49(72)64(9)41(51(74)65(42)10)26-81-55(44)80-13/h15-17,19-23,27-32,39-44,55H,24-26H2,1-13H3,(H,58,70)(H,59,71)(H,62,68)(H,63,69). The van der Waals surface area contributed by atoms with Gasteiger partial charge in [-0.15, -0.1) is 23.5 Å². The highest BCUT2D eigenvalue weighted by Crippen LogP contribution is 2.33. The van der Waals surface area contributed by atoms with E-state index in [-0.39, 0.29) is 29.0 Å². The molecule has 11 atom stereocenters. The summed E-state index contributed by atoms with van der Waals surface area (Å²) in [4.78, 5) is 168. The predicted octanol–water partition coefficient (Wildman–Crippen LogP) is 1.51. The third-order valence-electron chi connectivity index (χ3n) is 14.9. The van der Waals surface area contributed by atoms with Gasteiger partial charge in [0, 0.05) is 33.9 Å². The van der Waals surface area contributed by atoms with Crippen LogP contribution in [0.4, 0.5) is 0 Å². The Morgan fingerprint density at radius 1 is 0.654 bits per heavy atom. The maximum atomic E-state index is 15.5. The maximum Gasteiger partial charge on any atom is 0.329 e. The highest BCUT2D eigenvalue weighted by Gasteiger charge is 2.46. The van der Waals surface area contributed by atoms with Crippen LogP contribution in [0.3, 0.4) is 0 Å². The molecule has 2 bridgehead atoms. The van der Waals surface area contributed by atoms with E-state index in [1.54, 1.807) is 50.4 Å². The van der Waals surface area contributed by atoms with E-state index in [0.717, 1.165) is 49.3 Å². The van der Waals surface area contributed by atoms with Crippen molar-refractivity contribution in [1.29, 1.82) is 0 Å². The van der Waals surface area contributed by atoms with Gasteiger partial charge in [-0.3, -0.25) is 43.3 Å². The number of nitrogens with one attached hydrogen (secondary N) is 4. The van der Waals surface area contributed by atoms with Gasteiger partial charge in [0.15, 0.2) is 0 Å². The number of esters is 2. The lowest BCUT2D eigenvalue weighted by molar-refractivity contribution is -0.161. The minimum atomic E-state index is -1.68. The van der Waals surface area contributed by atoms with Gasteiger partial charge in [-0.05, 0) is 74.1 Å². The molecular formula is C55H70N12O12S2. The first-order valence-electron chi connectivity index (χ1n) is 26.3. The van der Waals surface area contributed by atoms with E-state index >= 15 is 9.59 Å². The van der Waals surface area contributed by atoms with Crippen LogP contribution in [0.5, 0.6) is 0 Å². The van der Waals surface area contributed by atoms with Crippen LogP contribution < -0.4 is 21.3 Å². The number of hydrogen-bond acceptors (Lipinski definition) is 18. The molecule has 2 aliphatic rings. The zero-order chi connectivity index (χ0) is 59.7. The van der Waals surface area contributed by atoms with Crippen molar-refractivity contribution in [3.63, 3.8) is 0 Å². The fourth-order valence-corrected chi connectivity index (χ4v) is 11.7. The Morgan fingerprint density at radius 2 is 1.14 bits per heavy atom. The van der Waals surface area contributed by atoms with E-state index < -0.39 is 137 Å². The number of hydrogen-bond donors (Lipinski definition) is 4. The number of para-hydroxylation sites is 2. The lowest BCUT2D eigenvalue weighted by atomic mass is 9.89. The number of rotatable bonds is 9. The summed E-state index contributed by atoms with van der Waals surface area (Å²) < 4.78 is 10.7. The number of ether oxygens (including phenoxy) is 2. The summed E-state index contributed by atoms with van der Waals surface area (Å²) in [5.41, 5.74) is 1.08. The second-order valence-corrected chi connectivity index (χ2v) is 23.4. The Balaban J connectivity index is 1.47. The quantitative estimate of drug-likeness (QED) is 0.173. The molecule has 2 aromatic carbocycles. The number of carbonyl (C=O) groups is 10. The van der Waals surface area contributed by atoms with Crippen LogP contribution in [-0.4, -0.2) is 205 Å².